The molecular formula is C15H18ClFN3O4+. The zero-order valence-corrected chi connectivity index (χ0v) is 13.8. The van der Waals surface area contributed by atoms with Crippen molar-refractivity contribution in [3.05, 3.63) is 29.0 Å². The molecule has 1 aliphatic heterocycles. The van der Waals surface area contributed by atoms with Gasteiger partial charge in [0.1, 0.15) is 12.2 Å². The van der Waals surface area contributed by atoms with Gasteiger partial charge in [-0.2, -0.15) is 0 Å². The highest BCUT2D eigenvalue weighted by atomic mass is 35.5. The second-order valence-electron chi connectivity index (χ2n) is 5.38. The lowest BCUT2D eigenvalue weighted by atomic mass is 10.1. The second-order valence-corrected chi connectivity index (χ2v) is 5.82. The lowest BCUT2D eigenvalue weighted by molar-refractivity contribution is -0.909. The zero-order chi connectivity index (χ0) is 17.7. The van der Waals surface area contributed by atoms with E-state index in [1.165, 1.54) is 19.2 Å². The highest BCUT2D eigenvalue weighted by molar-refractivity contribution is 6.30. The topological polar surface area (TPSA) is 88.9 Å². The molecule has 0 bridgehead atoms. The van der Waals surface area contributed by atoms with E-state index < -0.39 is 23.7 Å². The third-order valence-corrected chi connectivity index (χ3v) is 3.98. The van der Waals surface area contributed by atoms with Crippen LogP contribution in [-0.4, -0.2) is 50.6 Å². The Kier molecular flexibility index (Phi) is 6.10. The maximum atomic E-state index is 13.7. The molecule has 1 aromatic carbocycles. The normalized spacial score (nSPS) is 20.2. The monoisotopic (exact) mass is 358 g/mol. The van der Waals surface area contributed by atoms with Gasteiger partial charge in [0.2, 0.25) is 0 Å². The summed E-state index contributed by atoms with van der Waals surface area (Å²) in [6.45, 7) is 0.782. The highest BCUT2D eigenvalue weighted by Crippen LogP contribution is 2.19. The largest absolute Gasteiger partial charge is 0.469 e. The van der Waals surface area contributed by atoms with Gasteiger partial charge in [0, 0.05) is 5.02 Å². The minimum Gasteiger partial charge on any atom is -0.469 e. The number of esters is 1. The highest BCUT2D eigenvalue weighted by Gasteiger charge is 2.36. The molecule has 0 aromatic heterocycles. The number of hydrogen-bond acceptors (Lipinski definition) is 4. The average molecular weight is 359 g/mol. The number of quaternary nitrogens is 1. The Bertz CT molecular complexity index is 656. The number of methoxy groups -OCH3 is 1. The van der Waals surface area contributed by atoms with E-state index in [0.717, 1.165) is 6.07 Å². The number of ether oxygens (including phenoxy) is 1. The molecule has 1 fully saturated rings. The number of nitrogens with one attached hydrogen (secondary N) is 3. The van der Waals surface area contributed by atoms with Gasteiger partial charge >= 0.3 is 5.97 Å². The van der Waals surface area contributed by atoms with Crippen LogP contribution in [0.2, 0.25) is 5.02 Å². The summed E-state index contributed by atoms with van der Waals surface area (Å²) in [5.74, 6) is -1.93. The minimum absolute atomic E-state index is 0.0297. The summed E-state index contributed by atoms with van der Waals surface area (Å²) in [6, 6.07) is 3.11. The van der Waals surface area contributed by atoms with Gasteiger partial charge in [0.15, 0.2) is 12.6 Å². The first-order chi connectivity index (χ1) is 11.4. The van der Waals surface area contributed by atoms with Crippen LogP contribution in [0, 0.1) is 5.82 Å². The fourth-order valence-electron chi connectivity index (χ4n) is 2.52. The Morgan fingerprint density at radius 3 is 2.96 bits per heavy atom. The maximum absolute atomic E-state index is 13.7. The summed E-state index contributed by atoms with van der Waals surface area (Å²) in [7, 11) is 1.23. The van der Waals surface area contributed by atoms with E-state index in [9.17, 15) is 18.8 Å². The number of rotatable bonds is 5. The van der Waals surface area contributed by atoms with E-state index in [4.69, 9.17) is 11.6 Å². The molecule has 130 valence electrons. The molecule has 1 aromatic rings. The molecule has 1 saturated heterocycles. The number of anilines is 1. The number of carbonyl (C=O) groups is 3. The van der Waals surface area contributed by atoms with Gasteiger partial charge in [-0.15, -0.1) is 0 Å². The molecule has 0 aliphatic carbocycles. The van der Waals surface area contributed by atoms with Gasteiger partial charge in [-0.25, -0.2) is 4.39 Å². The quantitative estimate of drug-likeness (QED) is 0.611. The van der Waals surface area contributed by atoms with Crippen molar-refractivity contribution in [2.45, 2.75) is 12.5 Å². The smallest absolute Gasteiger partial charge is 0.312 e. The third kappa shape index (κ3) is 4.65. The zero-order valence-electron chi connectivity index (χ0n) is 13.0. The van der Waals surface area contributed by atoms with Crippen LogP contribution in [0.4, 0.5) is 10.1 Å². The summed E-state index contributed by atoms with van der Waals surface area (Å²) in [4.78, 5) is 36.2. The van der Waals surface area contributed by atoms with Crippen molar-refractivity contribution >= 4 is 35.1 Å². The third-order valence-electron chi connectivity index (χ3n) is 3.74. The fourth-order valence-corrected chi connectivity index (χ4v) is 2.69. The van der Waals surface area contributed by atoms with Crippen LogP contribution in [-0.2, 0) is 19.1 Å². The molecule has 1 heterocycles. The van der Waals surface area contributed by atoms with E-state index >= 15 is 0 Å². The summed E-state index contributed by atoms with van der Waals surface area (Å²) in [5, 5.41) is 5.38. The number of carbonyl (C=O) groups excluding carboxylic acids is 3. The van der Waals surface area contributed by atoms with Crippen molar-refractivity contribution in [3.63, 3.8) is 0 Å². The minimum atomic E-state index is -0.721. The standard InChI is InChI=1S/C15H17ClFN3O4/c1-24-14(22)7-12-15(23)18-4-5-20(12)8-13(21)19-11-6-9(16)2-3-10(11)17/h2-3,6,12H,4-5,7-8H2,1H3,(H,18,23)(H,19,21)/p+1/t12-/m1/s1. The van der Waals surface area contributed by atoms with Crippen LogP contribution in [0.1, 0.15) is 6.42 Å². The molecule has 7 nitrogen and oxygen atoms in total. The molecule has 9 heteroatoms. The predicted molar refractivity (Wildman–Crippen MR) is 84.2 cm³/mol. The van der Waals surface area contributed by atoms with Crippen LogP contribution >= 0.6 is 11.6 Å². The lowest BCUT2D eigenvalue weighted by Gasteiger charge is -2.30. The van der Waals surface area contributed by atoms with Gasteiger partial charge in [0.05, 0.1) is 25.9 Å². The van der Waals surface area contributed by atoms with Crippen molar-refractivity contribution in [2.24, 2.45) is 0 Å². The summed E-state index contributed by atoms with van der Waals surface area (Å²) >= 11 is 5.78. The Labute approximate surface area is 143 Å². The molecule has 2 atom stereocenters. The van der Waals surface area contributed by atoms with Crippen LogP contribution in [0.5, 0.6) is 0 Å². The first-order valence-corrected chi connectivity index (χ1v) is 7.72. The second kappa shape index (κ2) is 8.07. The molecular weight excluding hydrogens is 341 g/mol. The number of amides is 2. The SMILES string of the molecule is COC(=O)C[C@@H]1C(=O)NCC[NH+]1CC(=O)Nc1cc(Cl)ccc1F. The van der Waals surface area contributed by atoms with Crippen molar-refractivity contribution in [3.8, 4) is 0 Å². The van der Waals surface area contributed by atoms with Crippen LogP contribution < -0.4 is 15.5 Å². The van der Waals surface area contributed by atoms with Gasteiger partial charge in [0.25, 0.3) is 11.8 Å². The van der Waals surface area contributed by atoms with E-state index in [1.807, 2.05) is 0 Å². The van der Waals surface area contributed by atoms with Crippen LogP contribution in [0.15, 0.2) is 18.2 Å². The Morgan fingerprint density at radius 1 is 1.50 bits per heavy atom. The molecule has 0 saturated carbocycles. The number of piperazine rings is 1. The number of hydrogen-bond donors (Lipinski definition) is 3. The molecule has 2 amide bonds. The first-order valence-electron chi connectivity index (χ1n) is 7.34. The molecule has 0 spiro atoms. The van der Waals surface area contributed by atoms with Crippen molar-refractivity contribution in [2.75, 3.05) is 32.1 Å². The van der Waals surface area contributed by atoms with E-state index in [-0.39, 0.29) is 24.6 Å². The molecule has 0 radical (unpaired) electrons. The van der Waals surface area contributed by atoms with Crippen molar-refractivity contribution in [1.29, 1.82) is 0 Å². The fraction of sp³-hybridized carbons (Fsp3) is 0.400. The molecule has 2 rings (SSSR count). The molecule has 3 N–H and O–H groups in total. The Morgan fingerprint density at radius 2 is 2.25 bits per heavy atom. The van der Waals surface area contributed by atoms with Crippen molar-refractivity contribution < 1.29 is 28.4 Å². The van der Waals surface area contributed by atoms with Gasteiger partial charge < -0.3 is 20.3 Å². The molecule has 24 heavy (non-hydrogen) atoms. The molecule has 1 aliphatic rings. The first kappa shape index (κ1) is 18.2. The van der Waals surface area contributed by atoms with E-state index in [2.05, 4.69) is 15.4 Å². The van der Waals surface area contributed by atoms with E-state index in [0.29, 0.717) is 23.0 Å². The van der Waals surface area contributed by atoms with E-state index in [1.54, 1.807) is 0 Å². The average Bonchev–Trinajstić information content (AvgIpc) is 2.54. The predicted octanol–water partition coefficient (Wildman–Crippen LogP) is -0.636. The maximum Gasteiger partial charge on any atom is 0.312 e. The number of benzene rings is 1. The Hall–Kier alpha value is -2.19. The number of halogens is 2. The summed E-state index contributed by atoms with van der Waals surface area (Å²) < 4.78 is 18.2. The van der Waals surface area contributed by atoms with Crippen molar-refractivity contribution in [1.82, 2.24) is 5.32 Å². The van der Waals surface area contributed by atoms with Gasteiger partial charge in [-0.3, -0.25) is 14.4 Å². The van der Waals surface area contributed by atoms with Gasteiger partial charge in [-0.05, 0) is 18.2 Å². The summed E-state index contributed by atoms with van der Waals surface area (Å²) in [5.41, 5.74) is -0.0297. The lowest BCUT2D eigenvalue weighted by Crippen LogP contribution is -3.20. The van der Waals surface area contributed by atoms with Gasteiger partial charge in [-0.1, -0.05) is 11.6 Å². The Balaban J connectivity index is 2.03. The summed E-state index contributed by atoms with van der Waals surface area (Å²) in [6.07, 6.45) is -0.128. The van der Waals surface area contributed by atoms with Crippen LogP contribution in [0.3, 0.4) is 0 Å². The van der Waals surface area contributed by atoms with Crippen LogP contribution in [0.25, 0.3) is 0 Å². The molecule has 1 unspecified atom stereocenters.